The molecule has 1 aromatic rings. The molecule has 1 rings (SSSR count). The smallest absolute Gasteiger partial charge is 0.220 e. The van der Waals surface area contributed by atoms with Crippen LogP contribution in [-0.2, 0) is 11.2 Å². The number of benzene rings is 1. The number of carbonyl (C=O) groups is 1. The van der Waals surface area contributed by atoms with Gasteiger partial charge in [0.25, 0.3) is 0 Å². The zero-order valence-electron chi connectivity index (χ0n) is 11.1. The highest BCUT2D eigenvalue weighted by molar-refractivity contribution is 9.10. The predicted octanol–water partition coefficient (Wildman–Crippen LogP) is 2.62. The fraction of sp³-hybridized carbons (Fsp3) is 0.500. The standard InChI is InChI=1S/C14H20BrFN2O/c1-10(8-17)9-18-14(19)4-2-3-11-7-12(15)5-6-13(11)16/h5-7,10H,2-4,8-9,17H2,1H3,(H,18,19). The molecule has 1 aromatic carbocycles. The van der Waals surface area contributed by atoms with Gasteiger partial charge < -0.3 is 11.1 Å². The molecule has 3 nitrogen and oxygen atoms in total. The van der Waals surface area contributed by atoms with Crippen LogP contribution in [0.25, 0.3) is 0 Å². The maximum absolute atomic E-state index is 13.5. The summed E-state index contributed by atoms with van der Waals surface area (Å²) in [6.07, 6.45) is 1.60. The van der Waals surface area contributed by atoms with Gasteiger partial charge in [0.1, 0.15) is 5.82 Å². The fourth-order valence-electron chi connectivity index (χ4n) is 1.63. The molecule has 3 N–H and O–H groups in total. The lowest BCUT2D eigenvalue weighted by atomic mass is 10.1. The number of aryl methyl sites for hydroxylation is 1. The SMILES string of the molecule is CC(CN)CNC(=O)CCCc1cc(Br)ccc1F. The Morgan fingerprint density at radius 2 is 2.26 bits per heavy atom. The van der Waals surface area contributed by atoms with Crippen LogP contribution in [0.1, 0.15) is 25.3 Å². The monoisotopic (exact) mass is 330 g/mol. The number of hydrogen-bond acceptors (Lipinski definition) is 2. The second-order valence-electron chi connectivity index (χ2n) is 4.73. The van der Waals surface area contributed by atoms with Crippen LogP contribution in [0.2, 0.25) is 0 Å². The number of carbonyl (C=O) groups excluding carboxylic acids is 1. The first kappa shape index (κ1) is 16.1. The second kappa shape index (κ2) is 8.27. The molecule has 0 heterocycles. The van der Waals surface area contributed by atoms with Crippen molar-refractivity contribution >= 4 is 21.8 Å². The third-order valence-electron chi connectivity index (χ3n) is 2.91. The first-order valence-corrected chi connectivity index (χ1v) is 7.23. The summed E-state index contributed by atoms with van der Waals surface area (Å²) in [5.74, 6) is 0.0579. The Hall–Kier alpha value is -0.940. The van der Waals surface area contributed by atoms with Gasteiger partial charge in [0, 0.05) is 17.4 Å². The van der Waals surface area contributed by atoms with Gasteiger partial charge in [-0.1, -0.05) is 22.9 Å². The Kier molecular flexibility index (Phi) is 7.02. The molecule has 1 atom stereocenters. The molecule has 0 radical (unpaired) electrons. The van der Waals surface area contributed by atoms with E-state index in [0.717, 1.165) is 4.47 Å². The van der Waals surface area contributed by atoms with Crippen molar-refractivity contribution in [2.24, 2.45) is 11.7 Å². The van der Waals surface area contributed by atoms with Gasteiger partial charge in [-0.2, -0.15) is 0 Å². The van der Waals surface area contributed by atoms with Gasteiger partial charge >= 0.3 is 0 Å². The largest absolute Gasteiger partial charge is 0.356 e. The summed E-state index contributed by atoms with van der Waals surface area (Å²) in [6.45, 7) is 3.14. The molecule has 0 spiro atoms. The van der Waals surface area contributed by atoms with Gasteiger partial charge in [0.15, 0.2) is 0 Å². The number of rotatable bonds is 7. The molecule has 0 bridgehead atoms. The van der Waals surface area contributed by atoms with Crippen molar-refractivity contribution in [3.8, 4) is 0 Å². The Labute approximate surface area is 121 Å². The molecule has 0 fully saturated rings. The van der Waals surface area contributed by atoms with Crippen molar-refractivity contribution in [1.29, 1.82) is 0 Å². The molecule has 0 saturated carbocycles. The van der Waals surface area contributed by atoms with Crippen LogP contribution in [0.4, 0.5) is 4.39 Å². The summed E-state index contributed by atoms with van der Waals surface area (Å²) < 4.78 is 14.3. The summed E-state index contributed by atoms with van der Waals surface area (Å²) >= 11 is 3.31. The summed E-state index contributed by atoms with van der Waals surface area (Å²) in [5.41, 5.74) is 6.10. The Bertz CT molecular complexity index is 426. The second-order valence-corrected chi connectivity index (χ2v) is 5.65. The number of hydrogen-bond donors (Lipinski definition) is 2. The molecular formula is C14H20BrFN2O. The van der Waals surface area contributed by atoms with Gasteiger partial charge in [-0.25, -0.2) is 4.39 Å². The van der Waals surface area contributed by atoms with Crippen molar-refractivity contribution in [1.82, 2.24) is 5.32 Å². The van der Waals surface area contributed by atoms with E-state index in [9.17, 15) is 9.18 Å². The zero-order chi connectivity index (χ0) is 14.3. The van der Waals surface area contributed by atoms with Gasteiger partial charge in [0.05, 0.1) is 0 Å². The average molecular weight is 331 g/mol. The third kappa shape index (κ3) is 6.16. The van der Waals surface area contributed by atoms with Gasteiger partial charge in [-0.05, 0) is 49.1 Å². The van der Waals surface area contributed by atoms with Gasteiger partial charge in [-0.15, -0.1) is 0 Å². The van der Waals surface area contributed by atoms with E-state index in [2.05, 4.69) is 21.2 Å². The highest BCUT2D eigenvalue weighted by Gasteiger charge is 2.06. The van der Waals surface area contributed by atoms with Crippen LogP contribution in [-0.4, -0.2) is 19.0 Å². The molecule has 1 unspecified atom stereocenters. The van der Waals surface area contributed by atoms with E-state index in [1.165, 1.54) is 6.07 Å². The van der Waals surface area contributed by atoms with Crippen molar-refractivity contribution in [3.63, 3.8) is 0 Å². The number of nitrogens with one attached hydrogen (secondary N) is 1. The van der Waals surface area contributed by atoms with Crippen LogP contribution in [0.15, 0.2) is 22.7 Å². The quantitative estimate of drug-likeness (QED) is 0.807. The van der Waals surface area contributed by atoms with Gasteiger partial charge in [0.2, 0.25) is 5.91 Å². The van der Waals surface area contributed by atoms with E-state index in [1.807, 2.05) is 6.92 Å². The van der Waals surface area contributed by atoms with E-state index < -0.39 is 0 Å². The van der Waals surface area contributed by atoms with Crippen molar-refractivity contribution in [2.45, 2.75) is 26.2 Å². The van der Waals surface area contributed by atoms with Crippen molar-refractivity contribution in [2.75, 3.05) is 13.1 Å². The minimum Gasteiger partial charge on any atom is -0.356 e. The summed E-state index contributed by atoms with van der Waals surface area (Å²) in [6, 6.07) is 4.85. The lowest BCUT2D eigenvalue weighted by Gasteiger charge is -2.10. The van der Waals surface area contributed by atoms with Crippen LogP contribution < -0.4 is 11.1 Å². The molecule has 0 aliphatic rings. The Balaban J connectivity index is 2.30. The van der Waals surface area contributed by atoms with E-state index in [-0.39, 0.29) is 17.6 Å². The Morgan fingerprint density at radius 3 is 2.95 bits per heavy atom. The maximum Gasteiger partial charge on any atom is 0.220 e. The van der Waals surface area contributed by atoms with Crippen LogP contribution >= 0.6 is 15.9 Å². The normalized spacial score (nSPS) is 12.2. The van der Waals surface area contributed by atoms with Crippen molar-refractivity contribution in [3.05, 3.63) is 34.1 Å². The lowest BCUT2D eigenvalue weighted by Crippen LogP contribution is -2.31. The number of nitrogens with two attached hydrogens (primary N) is 1. The van der Waals surface area contributed by atoms with E-state index >= 15 is 0 Å². The summed E-state index contributed by atoms with van der Waals surface area (Å²) in [4.78, 5) is 11.6. The first-order valence-electron chi connectivity index (χ1n) is 6.43. The fourth-order valence-corrected chi connectivity index (χ4v) is 2.04. The van der Waals surface area contributed by atoms with Crippen LogP contribution in [0, 0.1) is 11.7 Å². The van der Waals surface area contributed by atoms with Crippen LogP contribution in [0.5, 0.6) is 0 Å². The Morgan fingerprint density at radius 1 is 1.53 bits per heavy atom. The minimum atomic E-state index is -0.222. The topological polar surface area (TPSA) is 55.1 Å². The highest BCUT2D eigenvalue weighted by Crippen LogP contribution is 2.17. The van der Waals surface area contributed by atoms with E-state index in [1.54, 1.807) is 12.1 Å². The third-order valence-corrected chi connectivity index (χ3v) is 3.40. The molecule has 0 aromatic heterocycles. The highest BCUT2D eigenvalue weighted by atomic mass is 79.9. The molecule has 19 heavy (non-hydrogen) atoms. The molecule has 106 valence electrons. The lowest BCUT2D eigenvalue weighted by molar-refractivity contribution is -0.121. The van der Waals surface area contributed by atoms with Crippen molar-refractivity contribution < 1.29 is 9.18 Å². The number of amides is 1. The minimum absolute atomic E-state index is 0.00398. The number of halogens is 2. The zero-order valence-corrected chi connectivity index (χ0v) is 12.7. The molecule has 0 saturated heterocycles. The van der Waals surface area contributed by atoms with Gasteiger partial charge in [-0.3, -0.25) is 4.79 Å². The maximum atomic E-state index is 13.5. The summed E-state index contributed by atoms with van der Waals surface area (Å²) in [5, 5.41) is 2.82. The predicted molar refractivity (Wildman–Crippen MR) is 78.3 cm³/mol. The molecule has 0 aliphatic heterocycles. The van der Waals surface area contributed by atoms with Crippen LogP contribution in [0.3, 0.4) is 0 Å². The average Bonchev–Trinajstić information content (AvgIpc) is 2.40. The molecular weight excluding hydrogens is 311 g/mol. The van der Waals surface area contributed by atoms with E-state index in [4.69, 9.17) is 5.73 Å². The molecule has 1 amide bonds. The molecule has 5 heteroatoms. The molecule has 0 aliphatic carbocycles. The van der Waals surface area contributed by atoms with E-state index in [0.29, 0.717) is 37.9 Å². The summed E-state index contributed by atoms with van der Waals surface area (Å²) in [7, 11) is 0. The first-order chi connectivity index (χ1) is 9.02.